The van der Waals surface area contributed by atoms with Gasteiger partial charge in [-0.1, -0.05) is 18.2 Å². The molecular weight excluding hydrogens is 319 g/mol. The SMILES string of the molecule is CN1CCc2cc(CNc3c(F)cccc3Br)ccc21. The van der Waals surface area contributed by atoms with Crippen molar-refractivity contribution in [2.24, 2.45) is 0 Å². The van der Waals surface area contributed by atoms with Crippen molar-refractivity contribution in [2.45, 2.75) is 13.0 Å². The number of rotatable bonds is 3. The van der Waals surface area contributed by atoms with Gasteiger partial charge in [-0.05, 0) is 51.7 Å². The fourth-order valence-corrected chi connectivity index (χ4v) is 3.07. The van der Waals surface area contributed by atoms with E-state index in [4.69, 9.17) is 0 Å². The van der Waals surface area contributed by atoms with Gasteiger partial charge in [0.2, 0.25) is 0 Å². The molecule has 1 N–H and O–H groups in total. The van der Waals surface area contributed by atoms with Crippen molar-refractivity contribution in [1.29, 1.82) is 0 Å². The van der Waals surface area contributed by atoms with Gasteiger partial charge in [-0.25, -0.2) is 4.39 Å². The van der Waals surface area contributed by atoms with Gasteiger partial charge in [0, 0.05) is 30.3 Å². The van der Waals surface area contributed by atoms with Gasteiger partial charge in [-0.2, -0.15) is 0 Å². The van der Waals surface area contributed by atoms with Crippen molar-refractivity contribution in [3.05, 3.63) is 57.8 Å². The number of likely N-dealkylation sites (N-methyl/N-ethyl adjacent to an activating group) is 1. The van der Waals surface area contributed by atoms with E-state index < -0.39 is 0 Å². The third kappa shape index (κ3) is 2.52. The van der Waals surface area contributed by atoms with Crippen molar-refractivity contribution in [1.82, 2.24) is 0 Å². The zero-order valence-corrected chi connectivity index (χ0v) is 12.9. The lowest BCUT2D eigenvalue weighted by Crippen LogP contribution is -2.12. The smallest absolute Gasteiger partial charge is 0.147 e. The number of hydrogen-bond acceptors (Lipinski definition) is 2. The van der Waals surface area contributed by atoms with E-state index in [1.807, 2.05) is 6.07 Å². The number of fused-ring (bicyclic) bond motifs is 1. The quantitative estimate of drug-likeness (QED) is 0.905. The molecule has 0 aliphatic carbocycles. The molecule has 0 spiro atoms. The molecule has 0 amide bonds. The molecule has 0 fully saturated rings. The van der Waals surface area contributed by atoms with E-state index in [2.05, 4.69) is 51.4 Å². The molecule has 1 heterocycles. The highest BCUT2D eigenvalue weighted by molar-refractivity contribution is 9.10. The highest BCUT2D eigenvalue weighted by atomic mass is 79.9. The third-order valence-electron chi connectivity index (χ3n) is 3.70. The highest BCUT2D eigenvalue weighted by Crippen LogP contribution is 2.29. The van der Waals surface area contributed by atoms with Crippen molar-refractivity contribution in [3.8, 4) is 0 Å². The molecule has 1 aliphatic heterocycles. The first kappa shape index (κ1) is 13.4. The van der Waals surface area contributed by atoms with E-state index >= 15 is 0 Å². The minimum absolute atomic E-state index is 0.236. The Hall–Kier alpha value is -1.55. The average Bonchev–Trinajstić information content (AvgIpc) is 2.79. The summed E-state index contributed by atoms with van der Waals surface area (Å²) in [7, 11) is 2.11. The second-order valence-corrected chi connectivity index (χ2v) is 5.94. The van der Waals surface area contributed by atoms with Crippen molar-refractivity contribution in [2.75, 3.05) is 23.8 Å². The molecule has 4 heteroatoms. The third-order valence-corrected chi connectivity index (χ3v) is 4.36. The normalized spacial score (nSPS) is 13.4. The van der Waals surface area contributed by atoms with Crippen molar-refractivity contribution >= 4 is 27.3 Å². The Morgan fingerprint density at radius 1 is 1.30 bits per heavy atom. The summed E-state index contributed by atoms with van der Waals surface area (Å²) in [5, 5.41) is 3.16. The second kappa shape index (κ2) is 5.44. The van der Waals surface area contributed by atoms with E-state index in [1.54, 1.807) is 6.07 Å². The van der Waals surface area contributed by atoms with Crippen LogP contribution in [0.4, 0.5) is 15.8 Å². The maximum Gasteiger partial charge on any atom is 0.147 e. The lowest BCUT2D eigenvalue weighted by atomic mass is 10.1. The van der Waals surface area contributed by atoms with Gasteiger partial charge in [-0.3, -0.25) is 0 Å². The molecule has 0 aromatic heterocycles. The Kier molecular flexibility index (Phi) is 3.66. The Balaban J connectivity index is 1.76. The fourth-order valence-electron chi connectivity index (χ4n) is 2.59. The molecule has 2 aromatic carbocycles. The Morgan fingerprint density at radius 3 is 2.95 bits per heavy atom. The van der Waals surface area contributed by atoms with E-state index in [0.29, 0.717) is 12.2 Å². The van der Waals surface area contributed by atoms with Crippen LogP contribution in [-0.4, -0.2) is 13.6 Å². The summed E-state index contributed by atoms with van der Waals surface area (Å²) in [6, 6.07) is 11.4. The van der Waals surface area contributed by atoms with Crippen molar-refractivity contribution < 1.29 is 4.39 Å². The van der Waals surface area contributed by atoms with Crippen LogP contribution in [0.15, 0.2) is 40.9 Å². The molecule has 0 saturated carbocycles. The van der Waals surface area contributed by atoms with Crippen LogP contribution < -0.4 is 10.2 Å². The van der Waals surface area contributed by atoms with E-state index in [0.717, 1.165) is 17.4 Å². The monoisotopic (exact) mass is 334 g/mol. The molecule has 1 aliphatic rings. The van der Waals surface area contributed by atoms with Gasteiger partial charge in [-0.15, -0.1) is 0 Å². The largest absolute Gasteiger partial charge is 0.378 e. The first-order valence-corrected chi connectivity index (χ1v) is 7.45. The van der Waals surface area contributed by atoms with Crippen LogP contribution in [0.3, 0.4) is 0 Å². The van der Waals surface area contributed by atoms with E-state index in [1.165, 1.54) is 22.9 Å². The summed E-state index contributed by atoms with van der Waals surface area (Å²) in [6.45, 7) is 1.70. The molecule has 3 rings (SSSR count). The number of nitrogens with zero attached hydrogens (tertiary/aromatic N) is 1. The lowest BCUT2D eigenvalue weighted by molar-refractivity contribution is 0.629. The standard InChI is InChI=1S/C16H16BrFN2/c1-20-8-7-12-9-11(5-6-15(12)20)10-19-16-13(17)3-2-4-14(16)18/h2-6,9,19H,7-8,10H2,1H3. The minimum atomic E-state index is -0.236. The summed E-state index contributed by atoms with van der Waals surface area (Å²) in [6.07, 6.45) is 1.09. The Morgan fingerprint density at radius 2 is 2.15 bits per heavy atom. The van der Waals surface area contributed by atoms with Crippen LogP contribution in [0.1, 0.15) is 11.1 Å². The molecule has 2 aromatic rings. The number of nitrogens with one attached hydrogen (secondary N) is 1. The molecule has 0 saturated heterocycles. The van der Waals surface area contributed by atoms with Crippen LogP contribution >= 0.6 is 15.9 Å². The van der Waals surface area contributed by atoms with Crippen LogP contribution in [0.2, 0.25) is 0 Å². The van der Waals surface area contributed by atoms with Crippen LogP contribution in [0.5, 0.6) is 0 Å². The first-order valence-electron chi connectivity index (χ1n) is 6.66. The lowest BCUT2D eigenvalue weighted by Gasteiger charge is -2.13. The van der Waals surface area contributed by atoms with Gasteiger partial charge < -0.3 is 10.2 Å². The number of anilines is 2. The molecule has 0 radical (unpaired) electrons. The first-order chi connectivity index (χ1) is 9.65. The second-order valence-electron chi connectivity index (χ2n) is 5.08. The molecular formula is C16H16BrFN2. The van der Waals surface area contributed by atoms with Gasteiger partial charge in [0.15, 0.2) is 0 Å². The van der Waals surface area contributed by atoms with E-state index in [9.17, 15) is 4.39 Å². The number of halogens is 2. The van der Waals surface area contributed by atoms with Crippen LogP contribution in [-0.2, 0) is 13.0 Å². The molecule has 0 bridgehead atoms. The van der Waals surface area contributed by atoms with E-state index in [-0.39, 0.29) is 5.82 Å². The summed E-state index contributed by atoms with van der Waals surface area (Å²) < 4.78 is 14.5. The molecule has 2 nitrogen and oxygen atoms in total. The number of para-hydroxylation sites is 1. The molecule has 104 valence electrons. The van der Waals surface area contributed by atoms with Gasteiger partial charge in [0.05, 0.1) is 5.69 Å². The number of hydrogen-bond donors (Lipinski definition) is 1. The predicted molar refractivity (Wildman–Crippen MR) is 84.8 cm³/mol. The molecule has 0 atom stereocenters. The maximum atomic E-state index is 13.7. The Bertz CT molecular complexity index is 622. The van der Waals surface area contributed by atoms with Crippen LogP contribution in [0, 0.1) is 5.82 Å². The number of benzene rings is 2. The minimum Gasteiger partial charge on any atom is -0.378 e. The zero-order chi connectivity index (χ0) is 14.1. The Labute approximate surface area is 126 Å². The summed E-state index contributed by atoms with van der Waals surface area (Å²) in [5.74, 6) is -0.236. The summed E-state index contributed by atoms with van der Waals surface area (Å²) in [4.78, 5) is 2.26. The summed E-state index contributed by atoms with van der Waals surface area (Å²) in [5.41, 5.74) is 4.37. The maximum absolute atomic E-state index is 13.7. The van der Waals surface area contributed by atoms with Crippen LogP contribution in [0.25, 0.3) is 0 Å². The fraction of sp³-hybridized carbons (Fsp3) is 0.250. The molecule has 0 unspecified atom stereocenters. The van der Waals surface area contributed by atoms with Gasteiger partial charge in [0.25, 0.3) is 0 Å². The average molecular weight is 335 g/mol. The van der Waals surface area contributed by atoms with Gasteiger partial charge >= 0.3 is 0 Å². The topological polar surface area (TPSA) is 15.3 Å². The predicted octanol–water partition coefficient (Wildman–Crippen LogP) is 4.19. The summed E-state index contributed by atoms with van der Waals surface area (Å²) >= 11 is 3.37. The molecule has 20 heavy (non-hydrogen) atoms. The zero-order valence-electron chi connectivity index (χ0n) is 11.3. The van der Waals surface area contributed by atoms with Crippen molar-refractivity contribution in [3.63, 3.8) is 0 Å². The highest BCUT2D eigenvalue weighted by Gasteiger charge is 2.15. The van der Waals surface area contributed by atoms with Gasteiger partial charge in [0.1, 0.15) is 5.82 Å².